The number of dihydropyridines is 1. The zero-order valence-electron chi connectivity index (χ0n) is 17.7. The number of hydrogen-bond acceptors (Lipinski definition) is 4. The van der Waals surface area contributed by atoms with E-state index in [0.717, 1.165) is 53.2 Å². The average molecular weight is 409 g/mol. The van der Waals surface area contributed by atoms with E-state index < -0.39 is 0 Å². The molecule has 0 fully saturated rings. The molecule has 1 aromatic carbocycles. The number of H-pyrrole nitrogens is 1. The summed E-state index contributed by atoms with van der Waals surface area (Å²) in [7, 11) is 1.71. The number of nitrogens with one attached hydrogen (secondary N) is 2. The van der Waals surface area contributed by atoms with Crippen molar-refractivity contribution < 1.29 is 4.74 Å². The van der Waals surface area contributed by atoms with Crippen LogP contribution < -0.4 is 10.1 Å². The van der Waals surface area contributed by atoms with Gasteiger partial charge < -0.3 is 15.0 Å². The second kappa shape index (κ2) is 7.81. The fraction of sp³-hybridized carbons (Fsp3) is 0.231. The first-order valence-electron chi connectivity index (χ1n) is 10.5. The van der Waals surface area contributed by atoms with Crippen molar-refractivity contribution in [2.24, 2.45) is 4.99 Å². The van der Waals surface area contributed by atoms with E-state index in [-0.39, 0.29) is 0 Å². The molecule has 0 spiro atoms. The van der Waals surface area contributed by atoms with Crippen LogP contribution in [0.5, 0.6) is 5.75 Å². The van der Waals surface area contributed by atoms with E-state index in [2.05, 4.69) is 52.6 Å². The number of fused-ring (bicyclic) bond motifs is 3. The van der Waals surface area contributed by atoms with Gasteiger partial charge in [-0.05, 0) is 65.8 Å². The zero-order valence-corrected chi connectivity index (χ0v) is 17.7. The normalized spacial score (nSPS) is 20.2. The Bertz CT molecular complexity index is 1310. The van der Waals surface area contributed by atoms with Crippen molar-refractivity contribution >= 4 is 22.8 Å². The molecule has 5 rings (SSSR count). The summed E-state index contributed by atoms with van der Waals surface area (Å²) in [6, 6.07) is 6.54. The topological polar surface area (TPSA) is 73.2 Å². The number of aryl methyl sites for hydroxylation is 1. The molecule has 31 heavy (non-hydrogen) atoms. The smallest absolute Gasteiger partial charge is 0.123 e. The van der Waals surface area contributed by atoms with Crippen LogP contribution in [0.4, 0.5) is 0 Å². The van der Waals surface area contributed by atoms with E-state index in [0.29, 0.717) is 12.1 Å². The van der Waals surface area contributed by atoms with Gasteiger partial charge in [0.25, 0.3) is 0 Å². The standard InChI is InChI=1S/C26H24N4O/c1-16-11-22-21-9-10-29-23(26(21)30-24(22)12-25(16)31-2)8-6-19-15-28-14-18-5-3-17(13-27)4-7-20(18)19/h3-6,8,11-12,15,29-30H,7,9-10,14H2,1-2H3. The fourth-order valence-corrected chi connectivity index (χ4v) is 4.52. The van der Waals surface area contributed by atoms with E-state index in [1.54, 1.807) is 7.11 Å². The molecule has 0 bridgehead atoms. The number of aromatic amines is 1. The molecule has 0 unspecified atom stereocenters. The number of aliphatic imine (C=N–C) groups is 1. The predicted molar refractivity (Wildman–Crippen MR) is 125 cm³/mol. The summed E-state index contributed by atoms with van der Waals surface area (Å²) in [6.07, 6.45) is 13.8. The first kappa shape index (κ1) is 19.2. The predicted octanol–water partition coefficient (Wildman–Crippen LogP) is 4.69. The zero-order chi connectivity index (χ0) is 21.4. The molecule has 0 saturated carbocycles. The van der Waals surface area contributed by atoms with Crippen molar-refractivity contribution in [2.75, 3.05) is 20.2 Å². The number of aromatic nitrogens is 1. The Balaban J connectivity index is 1.54. The van der Waals surface area contributed by atoms with Crippen LogP contribution in [0.2, 0.25) is 0 Å². The van der Waals surface area contributed by atoms with Crippen molar-refractivity contribution in [2.45, 2.75) is 19.8 Å². The number of nitriles is 1. The van der Waals surface area contributed by atoms with E-state index in [4.69, 9.17) is 4.74 Å². The third kappa shape index (κ3) is 3.40. The van der Waals surface area contributed by atoms with Gasteiger partial charge in [-0.1, -0.05) is 18.2 Å². The van der Waals surface area contributed by atoms with Crippen molar-refractivity contribution in [1.29, 1.82) is 5.26 Å². The molecule has 5 nitrogen and oxygen atoms in total. The molecule has 1 aromatic heterocycles. The third-order valence-corrected chi connectivity index (χ3v) is 6.16. The van der Waals surface area contributed by atoms with Crippen molar-refractivity contribution in [3.63, 3.8) is 0 Å². The number of allylic oxidation sites excluding steroid dienone is 7. The summed E-state index contributed by atoms with van der Waals surface area (Å²) in [6.45, 7) is 3.65. The lowest BCUT2D eigenvalue weighted by Crippen LogP contribution is -2.22. The number of hydrogen-bond donors (Lipinski definition) is 2. The lowest BCUT2D eigenvalue weighted by molar-refractivity contribution is 0.412. The minimum Gasteiger partial charge on any atom is -0.496 e. The molecule has 5 heteroatoms. The molecule has 2 N–H and O–H groups in total. The van der Waals surface area contributed by atoms with Gasteiger partial charge in [0.1, 0.15) is 5.75 Å². The second-order valence-corrected chi connectivity index (χ2v) is 8.01. The molecule has 3 heterocycles. The van der Waals surface area contributed by atoms with Crippen LogP contribution in [0, 0.1) is 18.3 Å². The highest BCUT2D eigenvalue weighted by molar-refractivity contribution is 5.92. The molecule has 154 valence electrons. The van der Waals surface area contributed by atoms with Crippen molar-refractivity contribution in [1.82, 2.24) is 10.3 Å². The molecule has 2 aliphatic heterocycles. The Morgan fingerprint density at radius 3 is 2.97 bits per heavy atom. The molecule has 1 aliphatic carbocycles. The van der Waals surface area contributed by atoms with Crippen LogP contribution in [-0.4, -0.2) is 31.4 Å². The van der Waals surface area contributed by atoms with E-state index >= 15 is 0 Å². The van der Waals surface area contributed by atoms with E-state index in [1.807, 2.05) is 24.4 Å². The molecule has 3 aliphatic rings. The molecule has 0 atom stereocenters. The fourth-order valence-electron chi connectivity index (χ4n) is 4.52. The van der Waals surface area contributed by atoms with Crippen LogP contribution in [0.3, 0.4) is 0 Å². The summed E-state index contributed by atoms with van der Waals surface area (Å²) in [5.74, 6) is 0.899. The number of methoxy groups -OCH3 is 1. The molecule has 2 aromatic rings. The Hall–Kier alpha value is -3.78. The quantitative estimate of drug-likeness (QED) is 0.757. The van der Waals surface area contributed by atoms with Gasteiger partial charge >= 0.3 is 0 Å². The summed E-state index contributed by atoms with van der Waals surface area (Å²) < 4.78 is 5.51. The van der Waals surface area contributed by atoms with Gasteiger partial charge in [0, 0.05) is 35.3 Å². The molecule has 0 radical (unpaired) electrons. The van der Waals surface area contributed by atoms with Gasteiger partial charge in [-0.2, -0.15) is 5.26 Å². The maximum atomic E-state index is 9.23. The lowest BCUT2D eigenvalue weighted by Gasteiger charge is -2.18. The Labute approximate surface area is 181 Å². The maximum absolute atomic E-state index is 9.23. The summed E-state index contributed by atoms with van der Waals surface area (Å²) in [4.78, 5) is 8.12. The number of ether oxygens (including phenoxy) is 1. The van der Waals surface area contributed by atoms with Crippen LogP contribution in [0.1, 0.15) is 23.2 Å². The molecule has 0 amide bonds. The summed E-state index contributed by atoms with van der Waals surface area (Å²) in [5.41, 5.74) is 10.0. The largest absolute Gasteiger partial charge is 0.496 e. The summed E-state index contributed by atoms with van der Waals surface area (Å²) >= 11 is 0. The van der Waals surface area contributed by atoms with Gasteiger partial charge in [-0.3, -0.25) is 4.99 Å². The van der Waals surface area contributed by atoms with Gasteiger partial charge in [-0.25, -0.2) is 0 Å². The molecular weight excluding hydrogens is 384 g/mol. The van der Waals surface area contributed by atoms with Crippen LogP contribution in [-0.2, 0) is 6.42 Å². The Kier molecular flexibility index (Phi) is 4.83. The Morgan fingerprint density at radius 1 is 1.23 bits per heavy atom. The highest BCUT2D eigenvalue weighted by Gasteiger charge is 2.20. The monoisotopic (exact) mass is 408 g/mol. The minimum absolute atomic E-state index is 0.665. The van der Waals surface area contributed by atoms with Gasteiger partial charge in [-0.15, -0.1) is 0 Å². The highest BCUT2D eigenvalue weighted by atomic mass is 16.5. The first-order chi connectivity index (χ1) is 15.2. The third-order valence-electron chi connectivity index (χ3n) is 6.16. The first-order valence-corrected chi connectivity index (χ1v) is 10.5. The number of benzene rings is 1. The second-order valence-electron chi connectivity index (χ2n) is 8.01. The minimum atomic E-state index is 0.665. The van der Waals surface area contributed by atoms with Gasteiger partial charge in [0.2, 0.25) is 0 Å². The van der Waals surface area contributed by atoms with E-state index in [9.17, 15) is 5.26 Å². The summed E-state index contributed by atoms with van der Waals surface area (Å²) in [5, 5.41) is 14.0. The van der Waals surface area contributed by atoms with Crippen LogP contribution in [0.15, 0.2) is 69.8 Å². The van der Waals surface area contributed by atoms with Crippen LogP contribution >= 0.6 is 0 Å². The van der Waals surface area contributed by atoms with E-state index in [1.165, 1.54) is 22.1 Å². The van der Waals surface area contributed by atoms with Gasteiger partial charge in [0.15, 0.2) is 0 Å². The maximum Gasteiger partial charge on any atom is 0.123 e. The molecular formula is C26H24N4O. The number of nitrogens with zero attached hydrogens (tertiary/aromatic N) is 2. The van der Waals surface area contributed by atoms with Crippen molar-refractivity contribution in [3.8, 4) is 11.8 Å². The molecule has 0 saturated heterocycles. The Morgan fingerprint density at radius 2 is 2.13 bits per heavy atom. The van der Waals surface area contributed by atoms with Crippen LogP contribution in [0.25, 0.3) is 16.6 Å². The SMILES string of the molecule is COc1cc2[nH]c3c(c2cc1C)CCNC3=CC=C1C=NCC2=C1CC=C(C#N)C=C2. The average Bonchev–Trinajstić information content (AvgIpc) is 3.01. The van der Waals surface area contributed by atoms with Crippen molar-refractivity contribution in [3.05, 3.63) is 81.6 Å². The van der Waals surface area contributed by atoms with Gasteiger partial charge in [0.05, 0.1) is 31.1 Å². The number of rotatable bonds is 2. The lowest BCUT2D eigenvalue weighted by atomic mass is 9.95. The highest BCUT2D eigenvalue weighted by Crippen LogP contribution is 2.34.